The van der Waals surface area contributed by atoms with Crippen molar-refractivity contribution in [3.05, 3.63) is 45.3 Å². The summed E-state index contributed by atoms with van der Waals surface area (Å²) in [5, 5.41) is 0. The van der Waals surface area contributed by atoms with Crippen LogP contribution in [-0.4, -0.2) is 9.13 Å². The third kappa shape index (κ3) is 5.74. The first kappa shape index (κ1) is 17.5. The molecule has 4 nitrogen and oxygen atoms in total. The minimum atomic E-state index is -0.213. The van der Waals surface area contributed by atoms with Crippen LogP contribution in [0.1, 0.15) is 56.9 Å². The van der Waals surface area contributed by atoms with Crippen molar-refractivity contribution in [3.8, 4) is 0 Å². The summed E-state index contributed by atoms with van der Waals surface area (Å²) in [6.07, 6.45) is 12.8. The Labute approximate surface area is 127 Å². The van der Waals surface area contributed by atoms with Gasteiger partial charge in [0.05, 0.1) is 0 Å². The van der Waals surface area contributed by atoms with Crippen molar-refractivity contribution < 1.29 is 0 Å². The number of rotatable bonds is 10. The normalized spacial score (nSPS) is 10.8. The summed E-state index contributed by atoms with van der Waals surface area (Å²) in [4.78, 5) is 23.9. The lowest BCUT2D eigenvalue weighted by atomic mass is 10.1. The van der Waals surface area contributed by atoms with E-state index in [-0.39, 0.29) is 11.2 Å². The quantitative estimate of drug-likeness (QED) is 0.491. The molecule has 0 unspecified atom stereocenters. The fraction of sp³-hybridized carbons (Fsp3) is 0.647. The predicted molar refractivity (Wildman–Crippen MR) is 87.8 cm³/mol. The smallest absolute Gasteiger partial charge is 0.303 e. The summed E-state index contributed by atoms with van der Waals surface area (Å²) in [5.74, 6) is 0. The van der Waals surface area contributed by atoms with E-state index >= 15 is 0 Å². The van der Waals surface area contributed by atoms with Gasteiger partial charge >= 0.3 is 5.69 Å². The molecule has 0 aliphatic carbocycles. The van der Waals surface area contributed by atoms with Crippen LogP contribution in [0.2, 0.25) is 0 Å². The van der Waals surface area contributed by atoms with Gasteiger partial charge in [-0.25, -0.2) is 4.79 Å². The fourth-order valence-electron chi connectivity index (χ4n) is 2.53. The van der Waals surface area contributed by atoms with Gasteiger partial charge in [0, 0.05) is 25.4 Å². The van der Waals surface area contributed by atoms with Crippen molar-refractivity contribution >= 4 is 0 Å². The molecule has 0 spiro atoms. The van der Waals surface area contributed by atoms with Crippen molar-refractivity contribution in [3.63, 3.8) is 0 Å². The van der Waals surface area contributed by atoms with Crippen LogP contribution in [0.5, 0.6) is 0 Å². The van der Waals surface area contributed by atoms with E-state index in [0.717, 1.165) is 19.3 Å². The van der Waals surface area contributed by atoms with Gasteiger partial charge in [0.2, 0.25) is 0 Å². The molecule has 0 saturated heterocycles. The summed E-state index contributed by atoms with van der Waals surface area (Å²) in [6, 6.07) is 0. The number of unbranched alkanes of at least 4 members (excludes halogenated alkanes) is 7. The van der Waals surface area contributed by atoms with E-state index in [0.29, 0.717) is 12.1 Å². The van der Waals surface area contributed by atoms with Crippen LogP contribution in [0.3, 0.4) is 0 Å². The Kier molecular flexibility index (Phi) is 7.80. The molecule has 0 radical (unpaired) electrons. The van der Waals surface area contributed by atoms with Gasteiger partial charge in [-0.05, 0) is 26.2 Å². The van der Waals surface area contributed by atoms with Crippen LogP contribution in [-0.2, 0) is 13.6 Å². The molecule has 0 N–H and O–H groups in total. The first-order valence-electron chi connectivity index (χ1n) is 7.96. The number of hydrogen-bond acceptors (Lipinski definition) is 2. The summed E-state index contributed by atoms with van der Waals surface area (Å²) < 4.78 is 2.84. The maximum absolute atomic E-state index is 11.9. The highest BCUT2D eigenvalue weighted by atomic mass is 16.2. The van der Waals surface area contributed by atoms with Crippen molar-refractivity contribution in [2.24, 2.45) is 7.05 Å². The molecule has 1 aromatic heterocycles. The second-order valence-electron chi connectivity index (χ2n) is 5.71. The molecule has 0 amide bonds. The summed E-state index contributed by atoms with van der Waals surface area (Å²) in [7, 11) is 1.69. The maximum Gasteiger partial charge on any atom is 0.330 e. The third-order valence-electron chi connectivity index (χ3n) is 3.79. The molecule has 118 valence electrons. The van der Waals surface area contributed by atoms with Crippen LogP contribution in [0.15, 0.2) is 28.4 Å². The highest BCUT2D eigenvalue weighted by Crippen LogP contribution is 2.08. The van der Waals surface area contributed by atoms with Gasteiger partial charge in [0.25, 0.3) is 5.56 Å². The Morgan fingerprint density at radius 1 is 1.05 bits per heavy atom. The van der Waals surface area contributed by atoms with Gasteiger partial charge in [0.15, 0.2) is 0 Å². The number of allylic oxidation sites excluding steroid dienone is 1. The fourth-order valence-corrected chi connectivity index (χ4v) is 2.53. The van der Waals surface area contributed by atoms with E-state index in [4.69, 9.17) is 0 Å². The van der Waals surface area contributed by atoms with Crippen molar-refractivity contribution in [1.82, 2.24) is 9.13 Å². The number of aromatic nitrogens is 2. The van der Waals surface area contributed by atoms with Crippen molar-refractivity contribution in [1.29, 1.82) is 0 Å². The molecular formula is C17H28N2O2. The highest BCUT2D eigenvalue weighted by molar-refractivity contribution is 5.02. The summed E-state index contributed by atoms with van der Waals surface area (Å²) in [5.41, 5.74) is 0.261. The van der Waals surface area contributed by atoms with Gasteiger partial charge in [-0.15, -0.1) is 6.58 Å². The van der Waals surface area contributed by atoms with Gasteiger partial charge in [0.1, 0.15) is 0 Å². The Morgan fingerprint density at radius 2 is 1.62 bits per heavy atom. The summed E-state index contributed by atoms with van der Waals surface area (Å²) in [6.45, 7) is 6.00. The molecule has 0 aliphatic heterocycles. The monoisotopic (exact) mass is 292 g/mol. The zero-order chi connectivity index (χ0) is 15.7. The van der Waals surface area contributed by atoms with Crippen LogP contribution in [0.25, 0.3) is 0 Å². The van der Waals surface area contributed by atoms with Gasteiger partial charge in [-0.3, -0.25) is 9.36 Å². The lowest BCUT2D eigenvalue weighted by Crippen LogP contribution is -2.39. The largest absolute Gasteiger partial charge is 0.330 e. The molecule has 0 fully saturated rings. The van der Waals surface area contributed by atoms with Gasteiger partial charge in [-0.2, -0.15) is 0 Å². The van der Waals surface area contributed by atoms with Crippen LogP contribution in [0, 0.1) is 6.92 Å². The first-order chi connectivity index (χ1) is 10.1. The van der Waals surface area contributed by atoms with E-state index in [1.807, 2.05) is 6.08 Å². The molecule has 0 bridgehead atoms. The van der Waals surface area contributed by atoms with E-state index in [1.165, 1.54) is 41.2 Å². The molecule has 1 rings (SSSR count). The van der Waals surface area contributed by atoms with Crippen LogP contribution >= 0.6 is 0 Å². The van der Waals surface area contributed by atoms with E-state index in [2.05, 4.69) is 6.58 Å². The molecule has 0 aliphatic rings. The Balaban J connectivity index is 2.29. The molecule has 4 heteroatoms. The maximum atomic E-state index is 11.9. The average Bonchev–Trinajstić information content (AvgIpc) is 2.46. The second-order valence-corrected chi connectivity index (χ2v) is 5.71. The van der Waals surface area contributed by atoms with Crippen molar-refractivity contribution in [2.75, 3.05) is 0 Å². The number of aryl methyl sites for hydroxylation is 2. The molecular weight excluding hydrogens is 264 g/mol. The Morgan fingerprint density at radius 3 is 2.24 bits per heavy atom. The molecule has 21 heavy (non-hydrogen) atoms. The predicted octanol–water partition coefficient (Wildman–Crippen LogP) is 3.16. The zero-order valence-corrected chi connectivity index (χ0v) is 13.4. The second kappa shape index (κ2) is 9.37. The van der Waals surface area contributed by atoms with Gasteiger partial charge < -0.3 is 4.57 Å². The lowest BCUT2D eigenvalue weighted by Gasteiger charge is -2.08. The molecule has 1 heterocycles. The molecule has 1 aromatic rings. The third-order valence-corrected chi connectivity index (χ3v) is 3.79. The molecule has 0 saturated carbocycles. The highest BCUT2D eigenvalue weighted by Gasteiger charge is 2.05. The summed E-state index contributed by atoms with van der Waals surface area (Å²) >= 11 is 0. The first-order valence-corrected chi connectivity index (χ1v) is 7.96. The number of hydrogen-bond donors (Lipinski definition) is 0. The standard InChI is InChI=1S/C17H28N2O2/c1-4-5-6-7-8-9-10-11-12-13-19-16(20)15(2)14-18(3)17(19)21/h4,14H,1,5-13H2,2-3H3. The minimum Gasteiger partial charge on any atom is -0.303 e. The molecule has 0 atom stereocenters. The molecule has 0 aromatic carbocycles. The lowest BCUT2D eigenvalue weighted by molar-refractivity contribution is 0.514. The van der Waals surface area contributed by atoms with E-state index in [9.17, 15) is 9.59 Å². The van der Waals surface area contributed by atoms with Crippen LogP contribution in [0.4, 0.5) is 0 Å². The van der Waals surface area contributed by atoms with E-state index < -0.39 is 0 Å². The van der Waals surface area contributed by atoms with E-state index in [1.54, 1.807) is 20.2 Å². The topological polar surface area (TPSA) is 44.0 Å². The van der Waals surface area contributed by atoms with Crippen LogP contribution < -0.4 is 11.2 Å². The minimum absolute atomic E-state index is 0.150. The van der Waals surface area contributed by atoms with Crippen molar-refractivity contribution in [2.45, 2.75) is 64.8 Å². The Hall–Kier alpha value is -1.58. The average molecular weight is 292 g/mol. The van der Waals surface area contributed by atoms with Gasteiger partial charge in [-0.1, -0.05) is 38.2 Å². The zero-order valence-electron chi connectivity index (χ0n) is 13.4. The Bertz CT molecular complexity index is 521. The SMILES string of the molecule is C=CCCCCCCCCCn1c(=O)c(C)cn(C)c1=O. The number of nitrogens with zero attached hydrogens (tertiary/aromatic N) is 2.